The lowest BCUT2D eigenvalue weighted by Gasteiger charge is -2.08. The summed E-state index contributed by atoms with van der Waals surface area (Å²) in [4.78, 5) is 24.2. The minimum absolute atomic E-state index is 0.00173. The number of carbonyl (C=O) groups is 2. The van der Waals surface area contributed by atoms with E-state index in [0.29, 0.717) is 12.0 Å². The van der Waals surface area contributed by atoms with Crippen LogP contribution in [0.25, 0.3) is 10.8 Å². The molecule has 3 nitrogen and oxygen atoms in total. The van der Waals surface area contributed by atoms with Crippen LogP contribution in [-0.2, 0) is 4.79 Å². The highest BCUT2D eigenvalue weighted by molar-refractivity contribution is 6.01. The van der Waals surface area contributed by atoms with Gasteiger partial charge in [0.25, 0.3) is 0 Å². The van der Waals surface area contributed by atoms with Crippen LogP contribution in [0.1, 0.15) is 36.5 Å². The van der Waals surface area contributed by atoms with E-state index in [-0.39, 0.29) is 30.3 Å². The van der Waals surface area contributed by atoms with Crippen molar-refractivity contribution in [1.29, 1.82) is 0 Å². The first kappa shape index (κ1) is 16.9. The molecule has 0 aliphatic heterocycles. The fourth-order valence-electron chi connectivity index (χ4n) is 2.53. The number of fused-ring (bicyclic) bond motifs is 1. The molecule has 0 saturated carbocycles. The van der Waals surface area contributed by atoms with Crippen molar-refractivity contribution >= 4 is 22.3 Å². The zero-order valence-electron chi connectivity index (χ0n) is 13.7. The smallest absolute Gasteiger partial charge is 0.163 e. The second kappa shape index (κ2) is 7.73. The van der Waals surface area contributed by atoms with E-state index in [9.17, 15) is 9.59 Å². The number of methoxy groups -OCH3 is 1. The minimum Gasteiger partial charge on any atom is -0.497 e. The Bertz CT molecular complexity index is 731. The van der Waals surface area contributed by atoms with E-state index in [1.165, 1.54) is 0 Å². The number of Topliss-reactive ketones (excluding diaryl/α,β-unsaturated/α-hetero) is 2. The van der Waals surface area contributed by atoms with Crippen LogP contribution in [0.5, 0.6) is 5.75 Å². The van der Waals surface area contributed by atoms with Gasteiger partial charge in [-0.2, -0.15) is 0 Å². The maximum atomic E-state index is 12.3. The third-order valence-corrected chi connectivity index (χ3v) is 4.04. The third kappa shape index (κ3) is 4.28. The Kier molecular flexibility index (Phi) is 5.69. The number of hydrogen-bond donors (Lipinski definition) is 0. The molecule has 0 N–H and O–H groups in total. The van der Waals surface area contributed by atoms with Gasteiger partial charge in [0.15, 0.2) is 5.78 Å². The highest BCUT2D eigenvalue weighted by Gasteiger charge is 2.14. The first-order valence-electron chi connectivity index (χ1n) is 7.79. The first-order chi connectivity index (χ1) is 11.0. The summed E-state index contributed by atoms with van der Waals surface area (Å²) < 4.78 is 5.20. The van der Waals surface area contributed by atoms with Gasteiger partial charge in [0, 0.05) is 24.3 Å². The standard InChI is InChI=1S/C20H22O3/c1-4-5-14(2)19(21)10-11-20(22)17-7-6-16-13-18(23-3)9-8-15(16)12-17/h4,6-9,12-14H,1,5,10-11H2,2-3H3/t14-/m1/s1. The summed E-state index contributed by atoms with van der Waals surface area (Å²) in [5.74, 6) is 0.841. The fraction of sp³-hybridized carbons (Fsp3) is 0.300. The highest BCUT2D eigenvalue weighted by atomic mass is 16.5. The second-order valence-corrected chi connectivity index (χ2v) is 5.74. The highest BCUT2D eigenvalue weighted by Crippen LogP contribution is 2.22. The van der Waals surface area contributed by atoms with Gasteiger partial charge < -0.3 is 4.74 Å². The van der Waals surface area contributed by atoms with Gasteiger partial charge in [0.1, 0.15) is 11.5 Å². The van der Waals surface area contributed by atoms with E-state index in [4.69, 9.17) is 4.74 Å². The van der Waals surface area contributed by atoms with Crippen LogP contribution in [-0.4, -0.2) is 18.7 Å². The predicted molar refractivity (Wildman–Crippen MR) is 93.0 cm³/mol. The van der Waals surface area contributed by atoms with Crippen LogP contribution in [0.4, 0.5) is 0 Å². The van der Waals surface area contributed by atoms with Gasteiger partial charge in [-0.3, -0.25) is 9.59 Å². The lowest BCUT2D eigenvalue weighted by molar-refractivity contribution is -0.122. The molecular weight excluding hydrogens is 288 g/mol. The van der Waals surface area contributed by atoms with Gasteiger partial charge in [-0.1, -0.05) is 31.2 Å². The number of hydrogen-bond acceptors (Lipinski definition) is 3. The van der Waals surface area contributed by atoms with Crippen molar-refractivity contribution < 1.29 is 14.3 Å². The third-order valence-electron chi connectivity index (χ3n) is 4.04. The van der Waals surface area contributed by atoms with Crippen molar-refractivity contribution in [2.45, 2.75) is 26.2 Å². The average molecular weight is 310 g/mol. The van der Waals surface area contributed by atoms with E-state index in [1.54, 1.807) is 13.2 Å². The number of ketones is 2. The van der Waals surface area contributed by atoms with E-state index >= 15 is 0 Å². The lowest BCUT2D eigenvalue weighted by atomic mass is 9.96. The molecule has 3 heteroatoms. The van der Waals surface area contributed by atoms with Gasteiger partial charge in [-0.15, -0.1) is 6.58 Å². The first-order valence-corrected chi connectivity index (χ1v) is 7.79. The van der Waals surface area contributed by atoms with Gasteiger partial charge in [-0.05, 0) is 35.4 Å². The van der Waals surface area contributed by atoms with Gasteiger partial charge in [-0.25, -0.2) is 0 Å². The van der Waals surface area contributed by atoms with Crippen LogP contribution in [0.3, 0.4) is 0 Å². The monoisotopic (exact) mass is 310 g/mol. The number of ether oxygens (including phenoxy) is 1. The number of allylic oxidation sites excluding steroid dienone is 1. The van der Waals surface area contributed by atoms with Crippen LogP contribution in [0, 0.1) is 5.92 Å². The molecule has 1 atom stereocenters. The van der Waals surface area contributed by atoms with Crippen LogP contribution in [0.2, 0.25) is 0 Å². The Morgan fingerprint density at radius 1 is 1.13 bits per heavy atom. The van der Waals surface area contributed by atoms with Crippen molar-refractivity contribution in [3.63, 3.8) is 0 Å². The summed E-state index contributed by atoms with van der Waals surface area (Å²) in [6, 6.07) is 11.3. The topological polar surface area (TPSA) is 43.4 Å². The Morgan fingerprint density at radius 2 is 1.83 bits per heavy atom. The summed E-state index contributed by atoms with van der Waals surface area (Å²) >= 11 is 0. The molecule has 0 radical (unpaired) electrons. The Morgan fingerprint density at radius 3 is 2.52 bits per heavy atom. The lowest BCUT2D eigenvalue weighted by Crippen LogP contribution is -2.12. The largest absolute Gasteiger partial charge is 0.497 e. The molecule has 2 aromatic carbocycles. The quantitative estimate of drug-likeness (QED) is 0.529. The number of rotatable bonds is 8. The molecule has 2 aromatic rings. The Labute approximate surface area is 137 Å². The molecule has 0 amide bonds. The van der Waals surface area contributed by atoms with Gasteiger partial charge >= 0.3 is 0 Å². The molecule has 0 unspecified atom stereocenters. The zero-order chi connectivity index (χ0) is 16.8. The summed E-state index contributed by atoms with van der Waals surface area (Å²) in [6.45, 7) is 5.51. The average Bonchev–Trinajstić information content (AvgIpc) is 2.58. The van der Waals surface area contributed by atoms with Crippen molar-refractivity contribution in [2.75, 3.05) is 7.11 Å². The molecule has 23 heavy (non-hydrogen) atoms. The normalized spacial score (nSPS) is 11.9. The summed E-state index contributed by atoms with van der Waals surface area (Å²) in [5, 5.41) is 2.01. The van der Waals surface area contributed by atoms with Crippen molar-refractivity contribution in [1.82, 2.24) is 0 Å². The van der Waals surface area contributed by atoms with Gasteiger partial charge in [0.2, 0.25) is 0 Å². The van der Waals surface area contributed by atoms with Crippen LogP contribution in [0.15, 0.2) is 49.1 Å². The summed E-state index contributed by atoms with van der Waals surface area (Å²) in [6.07, 6.45) is 2.93. The molecule has 0 aliphatic rings. The second-order valence-electron chi connectivity index (χ2n) is 5.74. The van der Waals surface area contributed by atoms with Crippen molar-refractivity contribution in [2.24, 2.45) is 5.92 Å². The molecule has 120 valence electrons. The maximum Gasteiger partial charge on any atom is 0.163 e. The van der Waals surface area contributed by atoms with E-state index in [2.05, 4.69) is 6.58 Å². The predicted octanol–water partition coefficient (Wildman–Crippen LogP) is 4.59. The molecule has 0 saturated heterocycles. The van der Waals surface area contributed by atoms with E-state index in [0.717, 1.165) is 16.5 Å². The molecule has 0 aromatic heterocycles. The van der Waals surface area contributed by atoms with E-state index < -0.39 is 0 Å². The Balaban J connectivity index is 2.06. The molecule has 0 fully saturated rings. The fourth-order valence-corrected chi connectivity index (χ4v) is 2.53. The Hall–Kier alpha value is -2.42. The van der Waals surface area contributed by atoms with Gasteiger partial charge in [0.05, 0.1) is 7.11 Å². The molecule has 0 spiro atoms. The minimum atomic E-state index is -0.0654. The SMILES string of the molecule is C=CC[C@@H](C)C(=O)CCC(=O)c1ccc2cc(OC)ccc2c1. The number of benzene rings is 2. The summed E-state index contributed by atoms with van der Waals surface area (Å²) in [5.41, 5.74) is 0.645. The van der Waals surface area contributed by atoms with Crippen molar-refractivity contribution in [3.05, 3.63) is 54.6 Å². The molecule has 2 rings (SSSR count). The molecule has 0 heterocycles. The zero-order valence-corrected chi connectivity index (χ0v) is 13.7. The number of carbonyl (C=O) groups excluding carboxylic acids is 2. The molecule has 0 bridgehead atoms. The van der Waals surface area contributed by atoms with Crippen LogP contribution < -0.4 is 4.74 Å². The van der Waals surface area contributed by atoms with Crippen LogP contribution >= 0.6 is 0 Å². The maximum absolute atomic E-state index is 12.3. The molecule has 0 aliphatic carbocycles. The summed E-state index contributed by atoms with van der Waals surface area (Å²) in [7, 11) is 1.63. The van der Waals surface area contributed by atoms with Crippen molar-refractivity contribution in [3.8, 4) is 5.75 Å². The van der Waals surface area contributed by atoms with E-state index in [1.807, 2.05) is 43.3 Å². The molecular formula is C20H22O3.